The highest BCUT2D eigenvalue weighted by Gasteiger charge is 2.04. The number of alkyl halides is 1. The van der Waals surface area contributed by atoms with Gasteiger partial charge < -0.3 is 4.74 Å². The van der Waals surface area contributed by atoms with E-state index in [0.717, 1.165) is 33.5 Å². The Labute approximate surface area is 123 Å². The van der Waals surface area contributed by atoms with Crippen molar-refractivity contribution in [1.82, 2.24) is 4.98 Å². The Morgan fingerprint density at radius 2 is 1.95 bits per heavy atom. The smallest absolute Gasteiger partial charge is 0.146 e. The Hall–Kier alpha value is -2.06. The number of halogens is 1. The summed E-state index contributed by atoms with van der Waals surface area (Å²) in [6.45, 7) is 2.02. The summed E-state index contributed by atoms with van der Waals surface area (Å²) in [6.07, 6.45) is 1.75. The van der Waals surface area contributed by atoms with Crippen molar-refractivity contribution in [2.45, 2.75) is 12.8 Å². The Morgan fingerprint density at radius 1 is 1.10 bits per heavy atom. The van der Waals surface area contributed by atoms with Gasteiger partial charge in [-0.05, 0) is 36.2 Å². The van der Waals surface area contributed by atoms with Crippen LogP contribution in [0, 0.1) is 6.92 Å². The van der Waals surface area contributed by atoms with Crippen molar-refractivity contribution in [3.05, 3.63) is 65.9 Å². The highest BCUT2D eigenvalue weighted by molar-refractivity contribution is 6.17. The van der Waals surface area contributed by atoms with Gasteiger partial charge >= 0.3 is 0 Å². The van der Waals surface area contributed by atoms with Gasteiger partial charge in [0.15, 0.2) is 0 Å². The maximum atomic E-state index is 5.94. The number of hydrogen-bond acceptors (Lipinski definition) is 2. The molecule has 0 aliphatic carbocycles. The van der Waals surface area contributed by atoms with Gasteiger partial charge in [0.2, 0.25) is 0 Å². The van der Waals surface area contributed by atoms with Gasteiger partial charge in [0.05, 0.1) is 11.7 Å². The third-order valence-electron chi connectivity index (χ3n) is 3.20. The Bertz CT molecular complexity index is 755. The predicted molar refractivity (Wildman–Crippen MR) is 82.6 cm³/mol. The fourth-order valence-electron chi connectivity index (χ4n) is 2.07. The first-order valence-electron chi connectivity index (χ1n) is 6.44. The maximum absolute atomic E-state index is 5.94. The summed E-state index contributed by atoms with van der Waals surface area (Å²) in [7, 11) is 0. The van der Waals surface area contributed by atoms with E-state index in [1.807, 2.05) is 55.5 Å². The van der Waals surface area contributed by atoms with Gasteiger partial charge in [0.25, 0.3) is 0 Å². The molecule has 2 nitrogen and oxygen atoms in total. The van der Waals surface area contributed by atoms with E-state index in [0.29, 0.717) is 5.88 Å². The quantitative estimate of drug-likeness (QED) is 0.626. The lowest BCUT2D eigenvalue weighted by Crippen LogP contribution is -1.90. The molecule has 0 saturated carbocycles. The summed E-state index contributed by atoms with van der Waals surface area (Å²) in [5.41, 5.74) is 3.08. The fourth-order valence-corrected chi connectivity index (χ4v) is 2.24. The van der Waals surface area contributed by atoms with Crippen molar-refractivity contribution in [3.8, 4) is 11.5 Å². The first-order chi connectivity index (χ1) is 9.76. The third kappa shape index (κ3) is 2.61. The standard InChI is InChI=1S/C17H14ClNO/c1-12-6-7-13(10-18)8-17(12)20-15-9-14-4-2-3-5-16(14)19-11-15/h2-9,11H,10H2,1H3. The van der Waals surface area contributed by atoms with E-state index in [1.165, 1.54) is 0 Å². The number of nitrogens with zero attached hydrogens (tertiary/aromatic N) is 1. The second kappa shape index (κ2) is 5.51. The number of para-hydroxylation sites is 1. The van der Waals surface area contributed by atoms with E-state index >= 15 is 0 Å². The minimum absolute atomic E-state index is 0.479. The van der Waals surface area contributed by atoms with Crippen LogP contribution in [0.2, 0.25) is 0 Å². The van der Waals surface area contributed by atoms with E-state index in [1.54, 1.807) is 6.20 Å². The summed E-state index contributed by atoms with van der Waals surface area (Å²) in [5, 5.41) is 1.07. The minimum Gasteiger partial charge on any atom is -0.455 e. The molecule has 1 aromatic heterocycles. The molecule has 3 aromatic rings. The number of benzene rings is 2. The lowest BCUT2D eigenvalue weighted by Gasteiger charge is -2.10. The minimum atomic E-state index is 0.479. The van der Waals surface area contributed by atoms with Gasteiger partial charge in [-0.1, -0.05) is 30.3 Å². The molecule has 0 saturated heterocycles. The molecule has 3 heteroatoms. The van der Waals surface area contributed by atoms with Crippen LogP contribution in [0.5, 0.6) is 11.5 Å². The van der Waals surface area contributed by atoms with Crippen LogP contribution >= 0.6 is 11.6 Å². The van der Waals surface area contributed by atoms with Crippen molar-refractivity contribution in [3.63, 3.8) is 0 Å². The molecule has 0 unspecified atom stereocenters. The molecular formula is C17H14ClNO. The molecular weight excluding hydrogens is 270 g/mol. The number of rotatable bonds is 3. The number of ether oxygens (including phenoxy) is 1. The maximum Gasteiger partial charge on any atom is 0.146 e. The molecule has 2 aromatic carbocycles. The SMILES string of the molecule is Cc1ccc(CCl)cc1Oc1cnc2ccccc2c1. The van der Waals surface area contributed by atoms with Crippen LogP contribution in [-0.4, -0.2) is 4.98 Å². The molecule has 0 aliphatic heterocycles. The normalized spacial score (nSPS) is 10.7. The zero-order chi connectivity index (χ0) is 13.9. The fraction of sp³-hybridized carbons (Fsp3) is 0.118. The zero-order valence-electron chi connectivity index (χ0n) is 11.1. The van der Waals surface area contributed by atoms with Crippen LogP contribution in [-0.2, 0) is 5.88 Å². The number of aromatic nitrogens is 1. The second-order valence-electron chi connectivity index (χ2n) is 4.70. The van der Waals surface area contributed by atoms with Gasteiger partial charge in [0.1, 0.15) is 11.5 Å². The van der Waals surface area contributed by atoms with Crippen LogP contribution in [0.4, 0.5) is 0 Å². The summed E-state index contributed by atoms with van der Waals surface area (Å²) >= 11 is 5.86. The van der Waals surface area contributed by atoms with Crippen molar-refractivity contribution in [1.29, 1.82) is 0 Å². The second-order valence-corrected chi connectivity index (χ2v) is 4.97. The molecule has 0 N–H and O–H groups in total. The predicted octanol–water partition coefficient (Wildman–Crippen LogP) is 5.07. The van der Waals surface area contributed by atoms with Crippen molar-refractivity contribution >= 4 is 22.5 Å². The van der Waals surface area contributed by atoms with E-state index in [9.17, 15) is 0 Å². The van der Waals surface area contributed by atoms with Gasteiger partial charge in [-0.25, -0.2) is 0 Å². The zero-order valence-corrected chi connectivity index (χ0v) is 11.9. The van der Waals surface area contributed by atoms with Crippen LogP contribution in [0.3, 0.4) is 0 Å². The number of pyridine rings is 1. The number of hydrogen-bond donors (Lipinski definition) is 0. The Balaban J connectivity index is 1.96. The molecule has 1 heterocycles. The molecule has 0 bridgehead atoms. The van der Waals surface area contributed by atoms with E-state index in [-0.39, 0.29) is 0 Å². The van der Waals surface area contributed by atoms with Crippen LogP contribution in [0.15, 0.2) is 54.7 Å². The van der Waals surface area contributed by atoms with Crippen molar-refractivity contribution in [2.75, 3.05) is 0 Å². The molecule has 0 radical (unpaired) electrons. The van der Waals surface area contributed by atoms with E-state index < -0.39 is 0 Å². The molecule has 3 rings (SSSR count). The molecule has 0 aliphatic rings. The third-order valence-corrected chi connectivity index (χ3v) is 3.51. The van der Waals surface area contributed by atoms with E-state index in [2.05, 4.69) is 4.98 Å². The molecule has 100 valence electrons. The first kappa shape index (κ1) is 12.9. The van der Waals surface area contributed by atoms with Gasteiger partial charge in [-0.15, -0.1) is 11.6 Å². The lowest BCUT2D eigenvalue weighted by molar-refractivity contribution is 0.477. The topological polar surface area (TPSA) is 22.1 Å². The highest BCUT2D eigenvalue weighted by Crippen LogP contribution is 2.28. The summed E-state index contributed by atoms with van der Waals surface area (Å²) in [4.78, 5) is 4.40. The summed E-state index contributed by atoms with van der Waals surface area (Å²) in [5.74, 6) is 2.03. The molecule has 20 heavy (non-hydrogen) atoms. The summed E-state index contributed by atoms with van der Waals surface area (Å²) in [6, 6.07) is 16.0. The molecule has 0 amide bonds. The van der Waals surface area contributed by atoms with Gasteiger partial charge in [0, 0.05) is 11.3 Å². The monoisotopic (exact) mass is 283 g/mol. The average Bonchev–Trinajstić information content (AvgIpc) is 2.49. The van der Waals surface area contributed by atoms with Crippen molar-refractivity contribution in [2.24, 2.45) is 0 Å². The highest BCUT2D eigenvalue weighted by atomic mass is 35.5. The van der Waals surface area contributed by atoms with Gasteiger partial charge in [-0.2, -0.15) is 0 Å². The van der Waals surface area contributed by atoms with Crippen LogP contribution < -0.4 is 4.74 Å². The lowest BCUT2D eigenvalue weighted by atomic mass is 10.1. The van der Waals surface area contributed by atoms with E-state index in [4.69, 9.17) is 16.3 Å². The molecule has 0 spiro atoms. The average molecular weight is 284 g/mol. The Kier molecular flexibility index (Phi) is 3.57. The molecule has 0 fully saturated rings. The van der Waals surface area contributed by atoms with Crippen LogP contribution in [0.1, 0.15) is 11.1 Å². The first-order valence-corrected chi connectivity index (χ1v) is 6.98. The summed E-state index contributed by atoms with van der Waals surface area (Å²) < 4.78 is 5.94. The Morgan fingerprint density at radius 3 is 2.80 bits per heavy atom. The number of fused-ring (bicyclic) bond motifs is 1. The molecule has 0 atom stereocenters. The largest absolute Gasteiger partial charge is 0.455 e. The van der Waals surface area contributed by atoms with Crippen molar-refractivity contribution < 1.29 is 4.74 Å². The van der Waals surface area contributed by atoms with Crippen LogP contribution in [0.25, 0.3) is 10.9 Å². The van der Waals surface area contributed by atoms with Gasteiger partial charge in [-0.3, -0.25) is 4.98 Å². The number of aryl methyl sites for hydroxylation is 1.